The molecule has 2 heterocycles. The van der Waals surface area contributed by atoms with Crippen LogP contribution in [-0.4, -0.2) is 41.9 Å². The Morgan fingerprint density at radius 3 is 2.77 bits per heavy atom. The van der Waals surface area contributed by atoms with Crippen molar-refractivity contribution in [3.63, 3.8) is 0 Å². The minimum Gasteiger partial charge on any atom is -0.353 e. The van der Waals surface area contributed by atoms with Crippen molar-refractivity contribution in [2.24, 2.45) is 0 Å². The van der Waals surface area contributed by atoms with E-state index in [0.29, 0.717) is 24.1 Å². The Labute approximate surface area is 129 Å². The van der Waals surface area contributed by atoms with Crippen LogP contribution in [0, 0.1) is 6.92 Å². The fraction of sp³-hybridized carbons (Fsp3) is 0.500. The van der Waals surface area contributed by atoms with E-state index in [0.717, 1.165) is 11.4 Å². The summed E-state index contributed by atoms with van der Waals surface area (Å²) < 4.78 is 23.8. The molecule has 7 nitrogen and oxygen atoms in total. The predicted octanol–water partition coefficient (Wildman–Crippen LogP) is 1.43. The van der Waals surface area contributed by atoms with E-state index in [9.17, 15) is 8.42 Å². The van der Waals surface area contributed by atoms with Gasteiger partial charge in [0.1, 0.15) is 10.7 Å². The second-order valence-electron chi connectivity index (χ2n) is 5.83. The number of aromatic amines is 1. The number of nitrogens with zero attached hydrogens (tertiary/aromatic N) is 4. The lowest BCUT2D eigenvalue weighted by molar-refractivity contribution is 0.600. The van der Waals surface area contributed by atoms with Crippen LogP contribution in [0.15, 0.2) is 17.2 Å². The maximum atomic E-state index is 11.9. The third-order valence-electron chi connectivity index (χ3n) is 3.67. The van der Waals surface area contributed by atoms with E-state index < -0.39 is 9.84 Å². The molecule has 22 heavy (non-hydrogen) atoms. The Morgan fingerprint density at radius 2 is 2.14 bits per heavy atom. The van der Waals surface area contributed by atoms with E-state index in [-0.39, 0.29) is 4.90 Å². The molecule has 0 atom stereocenters. The highest BCUT2D eigenvalue weighted by molar-refractivity contribution is 7.90. The van der Waals surface area contributed by atoms with Gasteiger partial charge >= 0.3 is 0 Å². The van der Waals surface area contributed by atoms with Gasteiger partial charge in [-0.2, -0.15) is 5.10 Å². The number of rotatable bonds is 5. The quantitative estimate of drug-likeness (QED) is 0.895. The molecule has 0 radical (unpaired) electrons. The van der Waals surface area contributed by atoms with E-state index in [1.165, 1.54) is 25.3 Å². The highest BCUT2D eigenvalue weighted by atomic mass is 32.2. The van der Waals surface area contributed by atoms with Gasteiger partial charge in [0, 0.05) is 19.2 Å². The fourth-order valence-electron chi connectivity index (χ4n) is 2.36. The molecule has 3 rings (SSSR count). The van der Waals surface area contributed by atoms with E-state index in [1.54, 1.807) is 11.8 Å². The molecule has 0 bridgehead atoms. The number of nitrogens with one attached hydrogen (secondary N) is 1. The number of H-pyrrole nitrogens is 1. The summed E-state index contributed by atoms with van der Waals surface area (Å²) in [6, 6.07) is 2.04. The van der Waals surface area contributed by atoms with Gasteiger partial charge in [0.25, 0.3) is 0 Å². The van der Waals surface area contributed by atoms with Crippen molar-refractivity contribution in [3.05, 3.63) is 29.5 Å². The third-order valence-corrected chi connectivity index (χ3v) is 4.76. The monoisotopic (exact) mass is 321 g/mol. The first-order valence-corrected chi connectivity index (χ1v) is 9.03. The van der Waals surface area contributed by atoms with Gasteiger partial charge in [-0.05, 0) is 25.8 Å². The number of hydrogen-bond donors (Lipinski definition) is 1. The van der Waals surface area contributed by atoms with Crippen LogP contribution >= 0.6 is 0 Å². The Hall–Kier alpha value is -1.96. The normalized spacial score (nSPS) is 15.0. The molecule has 1 aliphatic rings. The number of anilines is 1. The van der Waals surface area contributed by atoms with Gasteiger partial charge in [-0.1, -0.05) is 0 Å². The zero-order valence-electron chi connectivity index (χ0n) is 12.9. The number of aryl methyl sites for hydroxylation is 1. The van der Waals surface area contributed by atoms with Crippen molar-refractivity contribution in [1.82, 2.24) is 20.2 Å². The zero-order chi connectivity index (χ0) is 15.9. The zero-order valence-corrected chi connectivity index (χ0v) is 13.7. The topological polar surface area (TPSA) is 91.8 Å². The molecule has 118 valence electrons. The second-order valence-corrected chi connectivity index (χ2v) is 7.81. The number of sulfone groups is 1. The molecule has 0 spiro atoms. The Bertz CT molecular complexity index is 795. The lowest BCUT2D eigenvalue weighted by atomic mass is 10.2. The van der Waals surface area contributed by atoms with Gasteiger partial charge in [-0.15, -0.1) is 0 Å². The Kier molecular flexibility index (Phi) is 3.64. The largest absolute Gasteiger partial charge is 0.353 e. The molecule has 0 unspecified atom stereocenters. The maximum absolute atomic E-state index is 11.9. The van der Waals surface area contributed by atoms with Crippen LogP contribution < -0.4 is 4.90 Å². The van der Waals surface area contributed by atoms with Gasteiger partial charge in [-0.3, -0.25) is 5.10 Å². The summed E-state index contributed by atoms with van der Waals surface area (Å²) in [4.78, 5) is 10.2. The maximum Gasteiger partial charge on any atom is 0.180 e. The molecule has 1 fully saturated rings. The van der Waals surface area contributed by atoms with Crippen molar-refractivity contribution < 1.29 is 8.42 Å². The highest BCUT2D eigenvalue weighted by Gasteiger charge is 2.26. The first kappa shape index (κ1) is 15.0. The average Bonchev–Trinajstić information content (AvgIpc) is 3.18. The van der Waals surface area contributed by atoms with Crippen LogP contribution in [0.2, 0.25) is 0 Å². The van der Waals surface area contributed by atoms with E-state index >= 15 is 0 Å². The van der Waals surface area contributed by atoms with Crippen LogP contribution in [0.25, 0.3) is 0 Å². The van der Waals surface area contributed by atoms with Crippen molar-refractivity contribution >= 4 is 15.7 Å². The lowest BCUT2D eigenvalue weighted by Gasteiger charge is -2.19. The molecule has 2 aromatic rings. The molecule has 2 aromatic heterocycles. The van der Waals surface area contributed by atoms with Crippen molar-refractivity contribution in [2.45, 2.75) is 37.1 Å². The van der Waals surface area contributed by atoms with Crippen LogP contribution in [0.3, 0.4) is 0 Å². The minimum absolute atomic E-state index is 0.141. The Morgan fingerprint density at radius 1 is 1.41 bits per heavy atom. The highest BCUT2D eigenvalue weighted by Crippen LogP contribution is 2.39. The second kappa shape index (κ2) is 5.35. The van der Waals surface area contributed by atoms with Crippen molar-refractivity contribution in [3.8, 4) is 0 Å². The van der Waals surface area contributed by atoms with Crippen molar-refractivity contribution in [2.75, 3.05) is 18.2 Å². The molecular weight excluding hydrogens is 302 g/mol. The molecule has 0 amide bonds. The average molecular weight is 321 g/mol. The summed E-state index contributed by atoms with van der Waals surface area (Å²) in [7, 11) is -1.56. The molecule has 1 aliphatic carbocycles. The van der Waals surface area contributed by atoms with Crippen molar-refractivity contribution in [1.29, 1.82) is 0 Å². The van der Waals surface area contributed by atoms with Crippen LogP contribution in [0.5, 0.6) is 0 Å². The Balaban J connectivity index is 1.87. The summed E-state index contributed by atoms with van der Waals surface area (Å²) in [6.07, 6.45) is 4.93. The predicted molar refractivity (Wildman–Crippen MR) is 82.5 cm³/mol. The molecule has 0 aliphatic heterocycles. The first-order chi connectivity index (χ1) is 10.3. The molecule has 8 heteroatoms. The summed E-state index contributed by atoms with van der Waals surface area (Å²) in [5.74, 6) is 1.54. The number of hydrogen-bond acceptors (Lipinski definition) is 6. The fourth-order valence-corrected chi connectivity index (χ4v) is 3.14. The van der Waals surface area contributed by atoms with Gasteiger partial charge in [0.05, 0.1) is 24.1 Å². The SMILES string of the molecule is Cc1ncc(S(C)(=O)=O)c(N(C)Cc2cc(C3CC3)n[nH]2)n1. The lowest BCUT2D eigenvalue weighted by Crippen LogP contribution is -2.21. The first-order valence-electron chi connectivity index (χ1n) is 7.13. The van der Waals surface area contributed by atoms with Gasteiger partial charge < -0.3 is 4.90 Å². The molecule has 1 saturated carbocycles. The molecule has 0 aromatic carbocycles. The smallest absolute Gasteiger partial charge is 0.180 e. The summed E-state index contributed by atoms with van der Waals surface area (Å²) in [5.41, 5.74) is 2.03. The van der Waals surface area contributed by atoms with E-state index in [2.05, 4.69) is 20.2 Å². The van der Waals surface area contributed by atoms with Gasteiger partial charge in [0.15, 0.2) is 15.7 Å². The van der Waals surface area contributed by atoms with Crippen LogP contribution in [0.1, 0.15) is 36.0 Å². The molecular formula is C14H19N5O2S. The van der Waals surface area contributed by atoms with Gasteiger partial charge in [-0.25, -0.2) is 18.4 Å². The standard InChI is InChI=1S/C14H19N5O2S/c1-9-15-7-13(22(3,20)21)14(16-9)19(2)8-11-6-12(18-17-11)10-4-5-10/h6-7,10H,4-5,8H2,1-3H3,(H,17,18). The van der Waals surface area contributed by atoms with Crippen LogP contribution in [-0.2, 0) is 16.4 Å². The van der Waals surface area contributed by atoms with E-state index in [1.807, 2.05) is 13.1 Å². The van der Waals surface area contributed by atoms with E-state index in [4.69, 9.17) is 0 Å². The molecule has 1 N–H and O–H groups in total. The minimum atomic E-state index is -3.38. The summed E-state index contributed by atoms with van der Waals surface area (Å²) >= 11 is 0. The summed E-state index contributed by atoms with van der Waals surface area (Å²) in [6.45, 7) is 2.25. The molecule has 0 saturated heterocycles. The van der Waals surface area contributed by atoms with Crippen LogP contribution in [0.4, 0.5) is 5.82 Å². The number of aromatic nitrogens is 4. The van der Waals surface area contributed by atoms with Gasteiger partial charge in [0.2, 0.25) is 0 Å². The third kappa shape index (κ3) is 3.11. The summed E-state index contributed by atoms with van der Waals surface area (Å²) in [5, 5.41) is 7.33.